The van der Waals surface area contributed by atoms with Gasteiger partial charge in [-0.05, 0) is 31.2 Å². The van der Waals surface area contributed by atoms with Crippen LogP contribution in [0, 0.1) is 11.3 Å². The molecule has 0 aliphatic rings. The van der Waals surface area contributed by atoms with Crippen LogP contribution in [0.25, 0.3) is 0 Å². The van der Waals surface area contributed by atoms with E-state index in [2.05, 4.69) is 5.32 Å². The van der Waals surface area contributed by atoms with Crippen LogP contribution >= 0.6 is 0 Å². The first-order valence-corrected chi connectivity index (χ1v) is 6.48. The van der Waals surface area contributed by atoms with Crippen molar-refractivity contribution >= 4 is 5.69 Å². The number of nitrogens with one attached hydrogen (secondary N) is 1. The van der Waals surface area contributed by atoms with Gasteiger partial charge in [-0.15, -0.1) is 0 Å². The molecule has 5 heteroatoms. The van der Waals surface area contributed by atoms with Gasteiger partial charge in [0.15, 0.2) is 6.61 Å². The van der Waals surface area contributed by atoms with Crippen LogP contribution in [0.3, 0.4) is 0 Å². The van der Waals surface area contributed by atoms with Crippen molar-refractivity contribution in [1.82, 2.24) is 0 Å². The number of hydrogen-bond acceptors (Lipinski definition) is 5. The quantitative estimate of drug-likeness (QED) is 0.785. The van der Waals surface area contributed by atoms with E-state index in [1.807, 2.05) is 25.1 Å². The topological polar surface area (TPSA) is 85.5 Å². The van der Waals surface area contributed by atoms with Crippen LogP contribution in [0.4, 0.5) is 5.69 Å². The van der Waals surface area contributed by atoms with Crippen LogP contribution in [0.15, 0.2) is 42.5 Å². The lowest BCUT2D eigenvalue weighted by Crippen LogP contribution is -2.07. The van der Waals surface area contributed by atoms with Crippen LogP contribution < -0.4 is 10.1 Å². The van der Waals surface area contributed by atoms with E-state index in [1.54, 1.807) is 18.2 Å². The van der Waals surface area contributed by atoms with Gasteiger partial charge in [0.2, 0.25) is 0 Å². The minimum absolute atomic E-state index is 0.00223. The van der Waals surface area contributed by atoms with E-state index >= 15 is 0 Å². The van der Waals surface area contributed by atoms with Gasteiger partial charge in [-0.3, -0.25) is 0 Å². The zero-order chi connectivity index (χ0) is 15.2. The molecule has 0 saturated carbocycles. The van der Waals surface area contributed by atoms with Crippen LogP contribution in [-0.4, -0.2) is 16.8 Å². The summed E-state index contributed by atoms with van der Waals surface area (Å²) in [5.74, 6) is 0.658. The maximum Gasteiger partial charge on any atom is 0.174 e. The molecule has 0 fully saturated rings. The highest BCUT2D eigenvalue weighted by atomic mass is 16.5. The number of rotatable bonds is 5. The molecule has 0 amide bonds. The number of ether oxygens (including phenoxy) is 1. The molecule has 3 N–H and O–H groups in total. The molecule has 0 saturated heterocycles. The van der Waals surface area contributed by atoms with Crippen LogP contribution in [0.1, 0.15) is 18.5 Å². The van der Waals surface area contributed by atoms with Crippen molar-refractivity contribution in [3.8, 4) is 23.3 Å². The fourth-order valence-electron chi connectivity index (χ4n) is 2.02. The summed E-state index contributed by atoms with van der Waals surface area (Å²) in [4.78, 5) is 0. The summed E-state index contributed by atoms with van der Waals surface area (Å²) < 4.78 is 5.24. The Morgan fingerprint density at radius 3 is 2.76 bits per heavy atom. The van der Waals surface area contributed by atoms with Gasteiger partial charge in [0.25, 0.3) is 0 Å². The molecule has 1 unspecified atom stereocenters. The van der Waals surface area contributed by atoms with Gasteiger partial charge >= 0.3 is 0 Å². The number of phenols is 2. The number of aromatic hydroxyl groups is 2. The van der Waals surface area contributed by atoms with Gasteiger partial charge in [0.05, 0.1) is 6.04 Å². The molecule has 0 aromatic heterocycles. The summed E-state index contributed by atoms with van der Waals surface area (Å²) in [5, 5.41) is 30.9. The number of anilines is 1. The molecule has 108 valence electrons. The van der Waals surface area contributed by atoms with E-state index in [-0.39, 0.29) is 24.1 Å². The average molecular weight is 284 g/mol. The summed E-state index contributed by atoms with van der Waals surface area (Å²) in [7, 11) is 0. The van der Waals surface area contributed by atoms with Crippen molar-refractivity contribution < 1.29 is 14.9 Å². The standard InChI is InChI=1S/C16H16N2O3/c1-11(15-6-5-13(19)10-16(15)20)18-12-3-2-4-14(9-12)21-8-7-17/h2-6,9-11,18-20H,8H2,1H3. The maximum absolute atomic E-state index is 9.85. The molecule has 0 spiro atoms. The van der Waals surface area contributed by atoms with Crippen LogP contribution in [0.2, 0.25) is 0 Å². The minimum atomic E-state index is -0.156. The van der Waals surface area contributed by atoms with Crippen molar-refractivity contribution in [2.24, 2.45) is 0 Å². The molecule has 0 aliphatic heterocycles. The second-order valence-corrected chi connectivity index (χ2v) is 4.58. The number of hydrogen-bond donors (Lipinski definition) is 3. The normalized spacial score (nSPS) is 11.4. The predicted molar refractivity (Wildman–Crippen MR) is 79.4 cm³/mol. The summed E-state index contributed by atoms with van der Waals surface area (Å²) in [6.07, 6.45) is 0. The van der Waals surface area contributed by atoms with Gasteiger partial charge in [-0.2, -0.15) is 5.26 Å². The highest BCUT2D eigenvalue weighted by Crippen LogP contribution is 2.30. The van der Waals surface area contributed by atoms with Gasteiger partial charge in [-0.1, -0.05) is 6.07 Å². The lowest BCUT2D eigenvalue weighted by Gasteiger charge is -2.17. The molecule has 0 radical (unpaired) electrons. The van der Waals surface area contributed by atoms with E-state index in [4.69, 9.17) is 10.00 Å². The van der Waals surface area contributed by atoms with Crippen molar-refractivity contribution in [3.63, 3.8) is 0 Å². The van der Waals surface area contributed by atoms with Gasteiger partial charge < -0.3 is 20.3 Å². The van der Waals surface area contributed by atoms with Crippen molar-refractivity contribution in [2.45, 2.75) is 13.0 Å². The largest absolute Gasteiger partial charge is 0.508 e. The minimum Gasteiger partial charge on any atom is -0.508 e. The summed E-state index contributed by atoms with van der Waals surface area (Å²) in [5.41, 5.74) is 1.49. The Balaban J connectivity index is 2.12. The van der Waals surface area contributed by atoms with Crippen molar-refractivity contribution in [1.29, 1.82) is 5.26 Å². The monoisotopic (exact) mass is 284 g/mol. The first-order chi connectivity index (χ1) is 10.1. The molecule has 2 aromatic carbocycles. The summed E-state index contributed by atoms with van der Waals surface area (Å²) >= 11 is 0. The molecule has 2 rings (SSSR count). The second kappa shape index (κ2) is 6.53. The third-order valence-corrected chi connectivity index (χ3v) is 3.00. The van der Waals surface area contributed by atoms with Crippen molar-refractivity contribution in [3.05, 3.63) is 48.0 Å². The van der Waals surface area contributed by atoms with E-state index in [0.29, 0.717) is 11.3 Å². The Morgan fingerprint density at radius 1 is 1.24 bits per heavy atom. The molecule has 21 heavy (non-hydrogen) atoms. The van der Waals surface area contributed by atoms with E-state index in [9.17, 15) is 10.2 Å². The molecule has 0 aliphatic carbocycles. The number of phenolic OH excluding ortho intramolecular Hbond substituents is 2. The van der Waals surface area contributed by atoms with Gasteiger partial charge in [0.1, 0.15) is 23.3 Å². The Kier molecular flexibility index (Phi) is 4.52. The highest BCUT2D eigenvalue weighted by molar-refractivity contribution is 5.51. The lowest BCUT2D eigenvalue weighted by atomic mass is 10.1. The zero-order valence-corrected chi connectivity index (χ0v) is 11.6. The van der Waals surface area contributed by atoms with Crippen LogP contribution in [0.5, 0.6) is 17.2 Å². The Labute approximate surface area is 123 Å². The van der Waals surface area contributed by atoms with Crippen LogP contribution in [-0.2, 0) is 0 Å². The molecular weight excluding hydrogens is 268 g/mol. The Hall–Kier alpha value is -2.87. The second-order valence-electron chi connectivity index (χ2n) is 4.58. The highest BCUT2D eigenvalue weighted by Gasteiger charge is 2.11. The van der Waals surface area contributed by atoms with Gasteiger partial charge in [-0.25, -0.2) is 0 Å². The third-order valence-electron chi connectivity index (χ3n) is 3.00. The summed E-state index contributed by atoms with van der Waals surface area (Å²) in [6, 6.07) is 13.5. The smallest absolute Gasteiger partial charge is 0.174 e. The maximum atomic E-state index is 9.85. The fourth-order valence-corrected chi connectivity index (χ4v) is 2.02. The number of benzene rings is 2. The van der Waals surface area contributed by atoms with E-state index in [1.165, 1.54) is 12.1 Å². The number of nitriles is 1. The fraction of sp³-hybridized carbons (Fsp3) is 0.188. The SMILES string of the molecule is CC(Nc1cccc(OCC#N)c1)c1ccc(O)cc1O. The van der Waals surface area contributed by atoms with Gasteiger partial charge in [0, 0.05) is 23.4 Å². The Bertz CT molecular complexity index is 665. The predicted octanol–water partition coefficient (Wildman–Crippen LogP) is 3.17. The molecule has 0 heterocycles. The lowest BCUT2D eigenvalue weighted by molar-refractivity contribution is 0.368. The molecule has 0 bridgehead atoms. The average Bonchev–Trinajstić information content (AvgIpc) is 2.45. The van der Waals surface area contributed by atoms with Crippen molar-refractivity contribution in [2.75, 3.05) is 11.9 Å². The molecule has 1 atom stereocenters. The zero-order valence-electron chi connectivity index (χ0n) is 11.6. The summed E-state index contributed by atoms with van der Waals surface area (Å²) in [6.45, 7) is 1.90. The first kappa shape index (κ1) is 14.5. The Morgan fingerprint density at radius 2 is 2.05 bits per heavy atom. The van der Waals surface area contributed by atoms with E-state index < -0.39 is 0 Å². The first-order valence-electron chi connectivity index (χ1n) is 6.48. The molecular formula is C16H16N2O3. The van der Waals surface area contributed by atoms with E-state index in [0.717, 1.165) is 5.69 Å². The number of nitrogens with zero attached hydrogens (tertiary/aromatic N) is 1. The molecule has 5 nitrogen and oxygen atoms in total. The molecule has 2 aromatic rings. The third kappa shape index (κ3) is 3.80.